The zero-order chi connectivity index (χ0) is 17.1. The number of hydrogen-bond donors (Lipinski definition) is 2. The predicted octanol–water partition coefficient (Wildman–Crippen LogP) is 0.233. The molecule has 0 saturated carbocycles. The smallest absolute Gasteiger partial charge is 0.418 e. The van der Waals surface area contributed by atoms with Crippen LogP contribution in [0.2, 0.25) is 0 Å². The number of cyclic esters (lactones) is 2. The van der Waals surface area contributed by atoms with Crippen LogP contribution in [0.25, 0.3) is 0 Å². The number of rotatable bonds is 0. The maximum Gasteiger partial charge on any atom is 0.418 e. The quantitative estimate of drug-likeness (QED) is 0.486. The Morgan fingerprint density at radius 3 is 2.18 bits per heavy atom. The first-order valence-electron chi connectivity index (χ1n) is 6.44. The first-order chi connectivity index (χ1) is 10.4. The maximum absolute atomic E-state index is 10.9. The Morgan fingerprint density at radius 2 is 1.95 bits per heavy atom. The lowest BCUT2D eigenvalue weighted by Crippen LogP contribution is -2.42. The number of ether oxygens (including phenoxy) is 2. The van der Waals surface area contributed by atoms with Crippen molar-refractivity contribution >= 4 is 24.3 Å². The molecule has 2 rings (SSSR count). The summed E-state index contributed by atoms with van der Waals surface area (Å²) in [6.45, 7) is 4.44. The van der Waals surface area contributed by atoms with Gasteiger partial charge in [-0.3, -0.25) is 0 Å². The standard InChI is InChI=1S/C6H10N2O3.C4H7NO2.C2H3NO/c1-4-3-11-6(10)8(4)5(9)7-2;1-3-2-7-4(6)5-3;1-3-2-4/h4H,3H2,1-2H3,(H,7,9);3H,2H2,1H3,(H,5,6);1H3. The van der Waals surface area contributed by atoms with E-state index in [1.54, 1.807) is 6.92 Å². The number of nitrogens with zero attached hydrogens (tertiary/aromatic N) is 2. The van der Waals surface area contributed by atoms with Gasteiger partial charge in [0.1, 0.15) is 13.2 Å². The molecule has 0 aromatic heterocycles. The second-order valence-corrected chi connectivity index (χ2v) is 4.31. The lowest BCUT2D eigenvalue weighted by atomic mass is 10.3. The molecule has 0 bridgehead atoms. The Hall–Kier alpha value is -2.61. The Kier molecular flexibility index (Phi) is 8.96. The highest BCUT2D eigenvalue weighted by molar-refractivity contribution is 5.92. The monoisotopic (exact) mass is 316 g/mol. The zero-order valence-electron chi connectivity index (χ0n) is 12.9. The van der Waals surface area contributed by atoms with Crippen molar-refractivity contribution in [1.29, 1.82) is 0 Å². The van der Waals surface area contributed by atoms with Crippen LogP contribution >= 0.6 is 0 Å². The molecule has 0 radical (unpaired) electrons. The summed E-state index contributed by atoms with van der Waals surface area (Å²) >= 11 is 0. The van der Waals surface area contributed by atoms with Gasteiger partial charge in [-0.2, -0.15) is 0 Å². The molecule has 0 aromatic carbocycles. The van der Waals surface area contributed by atoms with Crippen molar-refractivity contribution in [2.75, 3.05) is 27.3 Å². The number of nitrogens with one attached hydrogen (secondary N) is 2. The summed E-state index contributed by atoms with van der Waals surface area (Å²) in [6, 6.07) is -0.380. The molecule has 2 N–H and O–H groups in total. The van der Waals surface area contributed by atoms with Gasteiger partial charge in [-0.1, -0.05) is 0 Å². The van der Waals surface area contributed by atoms with E-state index >= 15 is 0 Å². The van der Waals surface area contributed by atoms with Gasteiger partial charge >= 0.3 is 18.2 Å². The highest BCUT2D eigenvalue weighted by atomic mass is 16.6. The van der Waals surface area contributed by atoms with Crippen molar-refractivity contribution in [1.82, 2.24) is 15.5 Å². The summed E-state index contributed by atoms with van der Waals surface area (Å²) in [6.07, 6.45) is 0.435. The molecular weight excluding hydrogens is 296 g/mol. The van der Waals surface area contributed by atoms with Crippen LogP contribution in [0.15, 0.2) is 4.99 Å². The van der Waals surface area contributed by atoms with Crippen LogP contribution in [0.5, 0.6) is 0 Å². The number of aliphatic imine (C=N–C) groups is 1. The van der Waals surface area contributed by atoms with Gasteiger partial charge in [0.05, 0.1) is 12.1 Å². The fourth-order valence-corrected chi connectivity index (χ4v) is 1.40. The van der Waals surface area contributed by atoms with Crippen LogP contribution in [-0.4, -0.2) is 68.6 Å². The predicted molar refractivity (Wildman–Crippen MR) is 75.1 cm³/mol. The van der Waals surface area contributed by atoms with Crippen molar-refractivity contribution in [3.8, 4) is 0 Å². The summed E-state index contributed by atoms with van der Waals surface area (Å²) < 4.78 is 9.14. The van der Waals surface area contributed by atoms with Gasteiger partial charge in [0, 0.05) is 14.1 Å². The van der Waals surface area contributed by atoms with Crippen molar-refractivity contribution in [2.45, 2.75) is 25.9 Å². The second kappa shape index (κ2) is 10.2. The van der Waals surface area contributed by atoms with E-state index in [4.69, 9.17) is 4.79 Å². The van der Waals surface area contributed by atoms with Crippen LogP contribution in [0.3, 0.4) is 0 Å². The number of alkyl carbamates (subject to hydrolysis) is 1. The minimum Gasteiger partial charge on any atom is -0.447 e. The molecule has 10 nitrogen and oxygen atoms in total. The van der Waals surface area contributed by atoms with Crippen LogP contribution < -0.4 is 10.6 Å². The highest BCUT2D eigenvalue weighted by Crippen LogP contribution is 2.10. The fraction of sp³-hybridized carbons (Fsp3) is 0.667. The number of isocyanates is 1. The van der Waals surface area contributed by atoms with Gasteiger partial charge in [0.2, 0.25) is 6.08 Å². The summed E-state index contributed by atoms with van der Waals surface area (Å²) in [5.41, 5.74) is 0. The molecule has 2 unspecified atom stereocenters. The Bertz CT molecular complexity index is 449. The average Bonchev–Trinajstić information content (AvgIpc) is 3.04. The second-order valence-electron chi connectivity index (χ2n) is 4.31. The van der Waals surface area contributed by atoms with E-state index in [1.807, 2.05) is 6.92 Å². The Labute approximate surface area is 127 Å². The van der Waals surface area contributed by atoms with Crippen molar-refractivity contribution in [3.63, 3.8) is 0 Å². The van der Waals surface area contributed by atoms with E-state index in [0.29, 0.717) is 6.61 Å². The number of urea groups is 1. The molecule has 2 aliphatic rings. The van der Waals surface area contributed by atoms with Gasteiger partial charge in [-0.05, 0) is 13.8 Å². The van der Waals surface area contributed by atoms with Crippen LogP contribution in [0, 0.1) is 0 Å². The zero-order valence-corrected chi connectivity index (χ0v) is 12.9. The lowest BCUT2D eigenvalue weighted by Gasteiger charge is -2.14. The van der Waals surface area contributed by atoms with Gasteiger partial charge in [-0.25, -0.2) is 29.1 Å². The molecular formula is C12H20N4O6. The SMILES string of the molecule is CC1COC(=O)N1.CN=C=O.CNC(=O)N1C(=O)OCC1C. The normalized spacial score (nSPS) is 21.7. The number of amides is 4. The highest BCUT2D eigenvalue weighted by Gasteiger charge is 2.34. The molecule has 2 aliphatic heterocycles. The molecule has 10 heteroatoms. The number of carbonyl (C=O) groups excluding carboxylic acids is 4. The molecule has 2 saturated heterocycles. The van der Waals surface area contributed by atoms with Crippen molar-refractivity contribution in [3.05, 3.63) is 0 Å². The third-order valence-electron chi connectivity index (χ3n) is 2.44. The molecule has 0 aromatic rings. The van der Waals surface area contributed by atoms with Gasteiger partial charge in [0.15, 0.2) is 0 Å². The van der Waals surface area contributed by atoms with Gasteiger partial charge < -0.3 is 20.1 Å². The molecule has 124 valence electrons. The molecule has 2 atom stereocenters. The Balaban J connectivity index is 0.000000343. The molecule has 4 amide bonds. The summed E-state index contributed by atoms with van der Waals surface area (Å²) in [5.74, 6) is 0. The lowest BCUT2D eigenvalue weighted by molar-refractivity contribution is 0.158. The van der Waals surface area contributed by atoms with E-state index in [-0.39, 0.29) is 24.8 Å². The number of hydrogen-bond acceptors (Lipinski definition) is 7. The fourth-order valence-electron chi connectivity index (χ4n) is 1.40. The molecule has 0 aliphatic carbocycles. The molecule has 2 fully saturated rings. The van der Waals surface area contributed by atoms with E-state index in [2.05, 4.69) is 25.1 Å². The van der Waals surface area contributed by atoms with Crippen molar-refractivity contribution in [2.24, 2.45) is 4.99 Å². The first kappa shape index (κ1) is 19.4. The van der Waals surface area contributed by atoms with Gasteiger partial charge in [-0.15, -0.1) is 0 Å². The van der Waals surface area contributed by atoms with Crippen LogP contribution in [0.4, 0.5) is 14.4 Å². The first-order valence-corrected chi connectivity index (χ1v) is 6.44. The molecule has 0 spiro atoms. The van der Waals surface area contributed by atoms with Gasteiger partial charge in [0.25, 0.3) is 0 Å². The van der Waals surface area contributed by atoms with Crippen LogP contribution in [0.1, 0.15) is 13.8 Å². The Morgan fingerprint density at radius 1 is 1.36 bits per heavy atom. The molecule has 2 heterocycles. The largest absolute Gasteiger partial charge is 0.447 e. The van der Waals surface area contributed by atoms with E-state index in [9.17, 15) is 14.4 Å². The summed E-state index contributed by atoms with van der Waals surface area (Å²) in [5, 5.41) is 4.91. The third-order valence-corrected chi connectivity index (χ3v) is 2.44. The van der Waals surface area contributed by atoms with Crippen molar-refractivity contribution < 1.29 is 28.7 Å². The maximum atomic E-state index is 10.9. The number of carbonyl (C=O) groups is 3. The third kappa shape index (κ3) is 6.71. The van der Waals surface area contributed by atoms with E-state index in [0.717, 1.165) is 4.90 Å². The minimum absolute atomic E-state index is 0.164. The van der Waals surface area contributed by atoms with E-state index < -0.39 is 12.1 Å². The van der Waals surface area contributed by atoms with Crippen LogP contribution in [-0.2, 0) is 14.3 Å². The average molecular weight is 316 g/mol. The molecule has 22 heavy (non-hydrogen) atoms. The topological polar surface area (TPSA) is 126 Å². The summed E-state index contributed by atoms with van der Waals surface area (Å²) in [7, 11) is 2.85. The minimum atomic E-state index is -0.572. The number of imide groups is 1. The summed E-state index contributed by atoms with van der Waals surface area (Å²) in [4.78, 5) is 44.8. The van der Waals surface area contributed by atoms with E-state index in [1.165, 1.54) is 20.2 Å².